The molecule has 5 heteroatoms. The first kappa shape index (κ1) is 20.6. The van der Waals surface area contributed by atoms with Gasteiger partial charge < -0.3 is 14.5 Å². The lowest BCUT2D eigenvalue weighted by Gasteiger charge is -2.31. The number of furan rings is 1. The van der Waals surface area contributed by atoms with Gasteiger partial charge in [0.1, 0.15) is 5.58 Å². The van der Waals surface area contributed by atoms with E-state index in [1.54, 1.807) is 6.26 Å². The molecule has 5 nitrogen and oxygen atoms in total. The molecule has 158 valence electrons. The molecule has 0 saturated carbocycles. The monoisotopic (exact) mass is 406 g/mol. The van der Waals surface area contributed by atoms with E-state index in [1.807, 2.05) is 0 Å². The predicted octanol–water partition coefficient (Wildman–Crippen LogP) is 4.09. The first-order chi connectivity index (χ1) is 14.5. The van der Waals surface area contributed by atoms with Crippen LogP contribution in [0.15, 0.2) is 47.1 Å². The molecule has 0 aliphatic carbocycles. The van der Waals surface area contributed by atoms with Crippen LogP contribution in [0.25, 0.3) is 11.0 Å². The van der Waals surface area contributed by atoms with Gasteiger partial charge in [-0.25, -0.2) is 0 Å². The molecule has 1 aliphatic heterocycles. The summed E-state index contributed by atoms with van der Waals surface area (Å²) in [5, 5.41) is 4.29. The van der Waals surface area contributed by atoms with E-state index >= 15 is 0 Å². The average molecular weight is 407 g/mol. The third kappa shape index (κ3) is 4.58. The Bertz CT molecular complexity index is 1020. The second-order valence-electron chi connectivity index (χ2n) is 8.27. The maximum absolute atomic E-state index is 13.0. The largest absolute Gasteiger partial charge is 0.464 e. The van der Waals surface area contributed by atoms with Crippen LogP contribution in [-0.2, 0) is 16.0 Å². The van der Waals surface area contributed by atoms with Gasteiger partial charge in [0, 0.05) is 30.6 Å². The number of carbonyl (C=O) groups excluding carboxylic acids is 1. The van der Waals surface area contributed by atoms with Crippen LogP contribution in [-0.4, -0.2) is 43.7 Å². The maximum Gasteiger partial charge on any atom is 0.225 e. The van der Waals surface area contributed by atoms with Crippen molar-refractivity contribution in [3.05, 3.63) is 70.5 Å². The molecule has 1 amide bonds. The fourth-order valence-electron chi connectivity index (χ4n) is 4.02. The Morgan fingerprint density at radius 2 is 1.80 bits per heavy atom. The van der Waals surface area contributed by atoms with Gasteiger partial charge >= 0.3 is 0 Å². The highest BCUT2D eigenvalue weighted by Gasteiger charge is 2.21. The molecule has 1 aromatic heterocycles. The van der Waals surface area contributed by atoms with E-state index in [9.17, 15) is 4.79 Å². The zero-order valence-electron chi connectivity index (χ0n) is 18.0. The SMILES string of the molecule is Cc1ccc([C@H](CN2CCOCC2)NC(=O)Cc2coc3c(C)c(C)ccc23)cc1. The van der Waals surface area contributed by atoms with Crippen molar-refractivity contribution in [2.45, 2.75) is 33.2 Å². The second kappa shape index (κ2) is 9.02. The topological polar surface area (TPSA) is 54.7 Å². The maximum atomic E-state index is 13.0. The van der Waals surface area contributed by atoms with Crippen molar-refractivity contribution in [1.82, 2.24) is 10.2 Å². The van der Waals surface area contributed by atoms with Crippen LogP contribution >= 0.6 is 0 Å². The quantitative estimate of drug-likeness (QED) is 0.670. The number of fused-ring (bicyclic) bond motifs is 1. The summed E-state index contributed by atoms with van der Waals surface area (Å²) in [5.74, 6) is 0.00904. The van der Waals surface area contributed by atoms with Gasteiger partial charge in [-0.1, -0.05) is 42.0 Å². The Balaban J connectivity index is 1.51. The van der Waals surface area contributed by atoms with E-state index in [2.05, 4.69) is 67.4 Å². The van der Waals surface area contributed by atoms with Crippen LogP contribution in [0.2, 0.25) is 0 Å². The van der Waals surface area contributed by atoms with Gasteiger partial charge in [-0.05, 0) is 37.5 Å². The number of aryl methyl sites for hydroxylation is 3. The summed E-state index contributed by atoms with van der Waals surface area (Å²) < 4.78 is 11.3. The minimum atomic E-state index is -0.0571. The molecule has 2 heterocycles. The summed E-state index contributed by atoms with van der Waals surface area (Å²) in [5.41, 5.74) is 6.47. The summed E-state index contributed by atoms with van der Waals surface area (Å²) in [6.45, 7) is 10.3. The highest BCUT2D eigenvalue weighted by atomic mass is 16.5. The van der Waals surface area contributed by atoms with Crippen molar-refractivity contribution < 1.29 is 13.9 Å². The van der Waals surface area contributed by atoms with E-state index in [-0.39, 0.29) is 11.9 Å². The molecule has 0 unspecified atom stereocenters. The van der Waals surface area contributed by atoms with E-state index in [0.717, 1.165) is 60.5 Å². The number of nitrogens with one attached hydrogen (secondary N) is 1. The molecule has 1 N–H and O–H groups in total. The standard InChI is InChI=1S/C25H30N2O3/c1-17-4-7-20(8-5-17)23(15-27-10-12-29-13-11-27)26-24(28)14-21-16-30-25-19(3)18(2)6-9-22(21)25/h4-9,16,23H,10-15H2,1-3H3,(H,26,28)/t23-/m0/s1. The molecular weight excluding hydrogens is 376 g/mol. The lowest BCUT2D eigenvalue weighted by molar-refractivity contribution is -0.121. The Morgan fingerprint density at radius 3 is 2.53 bits per heavy atom. The number of rotatable bonds is 6. The normalized spacial score (nSPS) is 16.0. The van der Waals surface area contributed by atoms with Gasteiger partial charge in [0.2, 0.25) is 5.91 Å². The van der Waals surface area contributed by atoms with E-state index in [4.69, 9.17) is 9.15 Å². The van der Waals surface area contributed by atoms with Gasteiger partial charge in [0.15, 0.2) is 0 Å². The number of nitrogens with zero attached hydrogens (tertiary/aromatic N) is 1. The van der Waals surface area contributed by atoms with Crippen LogP contribution in [0.5, 0.6) is 0 Å². The van der Waals surface area contributed by atoms with Gasteiger partial charge in [0.05, 0.1) is 31.9 Å². The van der Waals surface area contributed by atoms with Crippen LogP contribution in [0, 0.1) is 20.8 Å². The number of ether oxygens (including phenoxy) is 1. The Kier molecular flexibility index (Phi) is 6.21. The van der Waals surface area contributed by atoms with Crippen molar-refractivity contribution in [1.29, 1.82) is 0 Å². The molecule has 2 aromatic carbocycles. The van der Waals surface area contributed by atoms with Gasteiger partial charge in [-0.15, -0.1) is 0 Å². The molecule has 1 saturated heterocycles. The average Bonchev–Trinajstić information content (AvgIpc) is 3.15. The number of benzene rings is 2. The van der Waals surface area contributed by atoms with Crippen molar-refractivity contribution >= 4 is 16.9 Å². The fourth-order valence-corrected chi connectivity index (χ4v) is 4.02. The summed E-state index contributed by atoms with van der Waals surface area (Å²) in [6.07, 6.45) is 2.03. The number of hydrogen-bond donors (Lipinski definition) is 1. The molecule has 4 rings (SSSR count). The van der Waals surface area contributed by atoms with Gasteiger partial charge in [0.25, 0.3) is 0 Å². The van der Waals surface area contributed by atoms with E-state index < -0.39 is 0 Å². The van der Waals surface area contributed by atoms with Crippen molar-refractivity contribution in [2.24, 2.45) is 0 Å². The van der Waals surface area contributed by atoms with E-state index in [1.165, 1.54) is 11.1 Å². The first-order valence-electron chi connectivity index (χ1n) is 10.6. The number of carbonyl (C=O) groups is 1. The molecule has 0 bridgehead atoms. The molecule has 1 aliphatic rings. The first-order valence-corrected chi connectivity index (χ1v) is 10.6. The minimum absolute atomic E-state index is 0.00904. The fraction of sp³-hybridized carbons (Fsp3) is 0.400. The molecule has 3 aromatic rings. The van der Waals surface area contributed by atoms with Crippen LogP contribution < -0.4 is 5.32 Å². The van der Waals surface area contributed by atoms with Crippen LogP contribution in [0.4, 0.5) is 0 Å². The number of morpholine rings is 1. The van der Waals surface area contributed by atoms with Crippen molar-refractivity contribution in [2.75, 3.05) is 32.8 Å². The highest BCUT2D eigenvalue weighted by Crippen LogP contribution is 2.27. The number of amides is 1. The van der Waals surface area contributed by atoms with Crippen LogP contribution in [0.1, 0.15) is 33.9 Å². The van der Waals surface area contributed by atoms with E-state index in [0.29, 0.717) is 6.42 Å². The number of hydrogen-bond acceptors (Lipinski definition) is 4. The predicted molar refractivity (Wildman–Crippen MR) is 119 cm³/mol. The molecular formula is C25H30N2O3. The van der Waals surface area contributed by atoms with Gasteiger partial charge in [-0.2, -0.15) is 0 Å². The van der Waals surface area contributed by atoms with Crippen molar-refractivity contribution in [3.8, 4) is 0 Å². The molecule has 1 atom stereocenters. The second-order valence-corrected chi connectivity index (χ2v) is 8.27. The molecule has 0 spiro atoms. The Morgan fingerprint density at radius 1 is 1.07 bits per heavy atom. The summed E-state index contributed by atoms with van der Waals surface area (Å²) in [6, 6.07) is 12.5. The molecule has 0 radical (unpaired) electrons. The summed E-state index contributed by atoms with van der Waals surface area (Å²) >= 11 is 0. The zero-order chi connectivity index (χ0) is 21.1. The lowest BCUT2D eigenvalue weighted by Crippen LogP contribution is -2.43. The lowest BCUT2D eigenvalue weighted by atomic mass is 10.0. The van der Waals surface area contributed by atoms with Crippen molar-refractivity contribution in [3.63, 3.8) is 0 Å². The highest BCUT2D eigenvalue weighted by molar-refractivity contribution is 5.89. The Hall–Kier alpha value is -2.63. The zero-order valence-corrected chi connectivity index (χ0v) is 18.0. The van der Waals surface area contributed by atoms with Gasteiger partial charge in [-0.3, -0.25) is 9.69 Å². The van der Waals surface area contributed by atoms with Crippen LogP contribution in [0.3, 0.4) is 0 Å². The third-order valence-electron chi connectivity index (χ3n) is 6.05. The summed E-state index contributed by atoms with van der Waals surface area (Å²) in [7, 11) is 0. The third-order valence-corrected chi connectivity index (χ3v) is 6.05. The summed E-state index contributed by atoms with van der Waals surface area (Å²) in [4.78, 5) is 15.4. The molecule has 30 heavy (non-hydrogen) atoms. The smallest absolute Gasteiger partial charge is 0.225 e. The molecule has 1 fully saturated rings. The minimum Gasteiger partial charge on any atom is -0.464 e. The Labute approximate surface area is 178 Å².